The number of H-pyrrole nitrogens is 1. The molecule has 0 fully saturated rings. The maximum Gasteiger partial charge on any atom is 0.230 e. The molecule has 0 bridgehead atoms. The second kappa shape index (κ2) is 8.18. The standard InChI is InChI=1S/C18H17ClN4OS/c1-12(14-9-5-6-10-15(14)19)20-16(24)11-25-18-21-17(22-23-18)13-7-3-2-4-8-13/h2-10,12H,11H2,1H3,(H,20,24)(H,21,22,23)/t12-/m0/s1. The summed E-state index contributed by atoms with van der Waals surface area (Å²) in [5, 5.41) is 11.2. The average Bonchev–Trinajstić information content (AvgIpc) is 3.10. The zero-order valence-corrected chi connectivity index (χ0v) is 15.1. The van der Waals surface area contributed by atoms with Crippen molar-refractivity contribution in [1.82, 2.24) is 20.5 Å². The van der Waals surface area contributed by atoms with E-state index in [-0.39, 0.29) is 17.7 Å². The number of rotatable bonds is 6. The zero-order valence-electron chi connectivity index (χ0n) is 13.6. The van der Waals surface area contributed by atoms with E-state index in [1.54, 1.807) is 0 Å². The van der Waals surface area contributed by atoms with Crippen LogP contribution in [-0.2, 0) is 4.79 Å². The smallest absolute Gasteiger partial charge is 0.230 e. The highest BCUT2D eigenvalue weighted by Crippen LogP contribution is 2.23. The van der Waals surface area contributed by atoms with E-state index < -0.39 is 0 Å². The van der Waals surface area contributed by atoms with Crippen LogP contribution < -0.4 is 5.32 Å². The molecule has 0 spiro atoms. The van der Waals surface area contributed by atoms with Crippen molar-refractivity contribution < 1.29 is 4.79 Å². The zero-order chi connectivity index (χ0) is 17.6. The highest BCUT2D eigenvalue weighted by molar-refractivity contribution is 7.99. The number of hydrogen-bond acceptors (Lipinski definition) is 4. The molecule has 1 aromatic heterocycles. The molecule has 0 saturated carbocycles. The summed E-state index contributed by atoms with van der Waals surface area (Å²) in [5.74, 6) is 0.831. The highest BCUT2D eigenvalue weighted by atomic mass is 35.5. The van der Waals surface area contributed by atoms with Gasteiger partial charge in [0, 0.05) is 10.6 Å². The Hall–Kier alpha value is -2.31. The first-order chi connectivity index (χ1) is 12.1. The maximum absolute atomic E-state index is 12.1. The molecule has 128 valence electrons. The van der Waals surface area contributed by atoms with Crippen LogP contribution in [0.25, 0.3) is 11.4 Å². The van der Waals surface area contributed by atoms with Gasteiger partial charge in [0.2, 0.25) is 11.1 Å². The molecule has 5 nitrogen and oxygen atoms in total. The van der Waals surface area contributed by atoms with E-state index in [2.05, 4.69) is 20.5 Å². The molecule has 2 aromatic carbocycles. The fraction of sp³-hybridized carbons (Fsp3) is 0.167. The van der Waals surface area contributed by atoms with Gasteiger partial charge in [-0.3, -0.25) is 9.89 Å². The fourth-order valence-electron chi connectivity index (χ4n) is 2.35. The summed E-state index contributed by atoms with van der Waals surface area (Å²) in [4.78, 5) is 16.5. The summed E-state index contributed by atoms with van der Waals surface area (Å²) in [6.07, 6.45) is 0. The number of amides is 1. The molecule has 7 heteroatoms. The number of aromatic nitrogens is 3. The molecule has 3 aromatic rings. The summed E-state index contributed by atoms with van der Waals surface area (Å²) in [6, 6.07) is 17.0. The fourth-order valence-corrected chi connectivity index (χ4v) is 3.26. The number of thioether (sulfide) groups is 1. The molecule has 0 aliphatic rings. The quantitative estimate of drug-likeness (QED) is 0.639. The predicted octanol–water partition coefficient (Wildman–Crippen LogP) is 4.09. The lowest BCUT2D eigenvalue weighted by Gasteiger charge is -2.15. The van der Waals surface area contributed by atoms with Crippen LogP contribution in [0.1, 0.15) is 18.5 Å². The number of aromatic amines is 1. The Morgan fingerprint density at radius 3 is 2.68 bits per heavy atom. The highest BCUT2D eigenvalue weighted by Gasteiger charge is 2.13. The van der Waals surface area contributed by atoms with Gasteiger partial charge >= 0.3 is 0 Å². The van der Waals surface area contributed by atoms with Gasteiger partial charge < -0.3 is 5.32 Å². The molecule has 0 aliphatic carbocycles. The van der Waals surface area contributed by atoms with E-state index in [1.165, 1.54) is 11.8 Å². The van der Waals surface area contributed by atoms with E-state index in [9.17, 15) is 4.79 Å². The Bertz CT molecular complexity index is 853. The minimum Gasteiger partial charge on any atom is -0.349 e. The molecular weight excluding hydrogens is 356 g/mol. The van der Waals surface area contributed by atoms with Crippen LogP contribution in [-0.4, -0.2) is 26.8 Å². The average molecular weight is 373 g/mol. The first kappa shape index (κ1) is 17.5. The van der Waals surface area contributed by atoms with Gasteiger partial charge in [0.05, 0.1) is 11.8 Å². The Morgan fingerprint density at radius 2 is 1.92 bits per heavy atom. The number of nitrogens with one attached hydrogen (secondary N) is 2. The van der Waals surface area contributed by atoms with Gasteiger partial charge in [-0.15, -0.1) is 5.10 Å². The van der Waals surface area contributed by atoms with Crippen molar-refractivity contribution in [3.8, 4) is 11.4 Å². The van der Waals surface area contributed by atoms with Crippen molar-refractivity contribution in [2.45, 2.75) is 18.1 Å². The first-order valence-electron chi connectivity index (χ1n) is 7.78. The third-order valence-electron chi connectivity index (χ3n) is 3.59. The molecular formula is C18H17ClN4OS. The maximum atomic E-state index is 12.1. The van der Waals surface area contributed by atoms with Crippen LogP contribution in [0.2, 0.25) is 5.02 Å². The minimum atomic E-state index is -0.158. The van der Waals surface area contributed by atoms with Gasteiger partial charge in [-0.05, 0) is 18.6 Å². The third kappa shape index (κ3) is 4.61. The van der Waals surface area contributed by atoms with Crippen LogP contribution in [0, 0.1) is 0 Å². The summed E-state index contributed by atoms with van der Waals surface area (Å²) in [7, 11) is 0. The molecule has 0 saturated heterocycles. The topological polar surface area (TPSA) is 70.7 Å². The summed E-state index contributed by atoms with van der Waals surface area (Å²) < 4.78 is 0. The lowest BCUT2D eigenvalue weighted by molar-refractivity contribution is -0.119. The van der Waals surface area contributed by atoms with Gasteiger partial charge in [0.25, 0.3) is 0 Å². The molecule has 2 N–H and O–H groups in total. The second-order valence-electron chi connectivity index (χ2n) is 5.43. The van der Waals surface area contributed by atoms with E-state index in [1.807, 2.05) is 61.5 Å². The van der Waals surface area contributed by atoms with Crippen LogP contribution in [0.15, 0.2) is 59.8 Å². The molecule has 0 aliphatic heterocycles. The first-order valence-corrected chi connectivity index (χ1v) is 9.14. The number of hydrogen-bond donors (Lipinski definition) is 2. The van der Waals surface area contributed by atoms with Crippen LogP contribution in [0.4, 0.5) is 0 Å². The number of carbonyl (C=O) groups excluding carboxylic acids is 1. The van der Waals surface area contributed by atoms with Crippen LogP contribution in [0.5, 0.6) is 0 Å². The normalized spacial score (nSPS) is 11.9. The van der Waals surface area contributed by atoms with Gasteiger partial charge in [0.1, 0.15) is 0 Å². The summed E-state index contributed by atoms with van der Waals surface area (Å²) >= 11 is 7.44. The van der Waals surface area contributed by atoms with Gasteiger partial charge in [-0.1, -0.05) is 71.9 Å². The van der Waals surface area contributed by atoms with Crippen molar-refractivity contribution in [3.63, 3.8) is 0 Å². The third-order valence-corrected chi connectivity index (χ3v) is 4.79. The van der Waals surface area contributed by atoms with Crippen molar-refractivity contribution in [2.75, 3.05) is 5.75 Å². The monoisotopic (exact) mass is 372 g/mol. The van der Waals surface area contributed by atoms with E-state index in [4.69, 9.17) is 11.6 Å². The number of nitrogens with zero attached hydrogens (tertiary/aromatic N) is 2. The van der Waals surface area contributed by atoms with E-state index in [0.717, 1.165) is 11.1 Å². The Kier molecular flexibility index (Phi) is 5.73. The van der Waals surface area contributed by atoms with Crippen LogP contribution in [0.3, 0.4) is 0 Å². The predicted molar refractivity (Wildman–Crippen MR) is 101 cm³/mol. The van der Waals surface area contributed by atoms with Crippen LogP contribution >= 0.6 is 23.4 Å². The minimum absolute atomic E-state index is 0.0940. The molecule has 0 unspecified atom stereocenters. The number of benzene rings is 2. The van der Waals surface area contributed by atoms with Crippen molar-refractivity contribution >= 4 is 29.3 Å². The van der Waals surface area contributed by atoms with Gasteiger partial charge in [-0.2, -0.15) is 0 Å². The van der Waals surface area contributed by atoms with E-state index >= 15 is 0 Å². The molecule has 1 amide bonds. The van der Waals surface area contributed by atoms with Gasteiger partial charge in [0.15, 0.2) is 5.82 Å². The largest absolute Gasteiger partial charge is 0.349 e. The number of halogens is 1. The lowest BCUT2D eigenvalue weighted by Crippen LogP contribution is -2.28. The Labute approximate surface area is 155 Å². The Morgan fingerprint density at radius 1 is 1.20 bits per heavy atom. The van der Waals surface area contributed by atoms with Gasteiger partial charge in [-0.25, -0.2) is 4.98 Å². The van der Waals surface area contributed by atoms with Crippen molar-refractivity contribution in [1.29, 1.82) is 0 Å². The summed E-state index contributed by atoms with van der Waals surface area (Å²) in [5.41, 5.74) is 1.85. The molecule has 1 atom stereocenters. The molecule has 0 radical (unpaired) electrons. The summed E-state index contributed by atoms with van der Waals surface area (Å²) in [6.45, 7) is 1.91. The molecule has 3 rings (SSSR count). The van der Waals surface area contributed by atoms with Crippen molar-refractivity contribution in [2.24, 2.45) is 0 Å². The molecule has 25 heavy (non-hydrogen) atoms. The SMILES string of the molecule is C[C@H](NC(=O)CSc1n[nH]c(-c2ccccc2)n1)c1ccccc1Cl. The number of carbonyl (C=O) groups is 1. The second-order valence-corrected chi connectivity index (χ2v) is 6.78. The van der Waals surface area contributed by atoms with Crippen molar-refractivity contribution in [3.05, 3.63) is 65.2 Å². The Balaban J connectivity index is 1.54. The lowest BCUT2D eigenvalue weighted by atomic mass is 10.1. The molecule has 1 heterocycles. The van der Waals surface area contributed by atoms with E-state index in [0.29, 0.717) is 16.0 Å².